The summed E-state index contributed by atoms with van der Waals surface area (Å²) >= 11 is 0. The van der Waals surface area contributed by atoms with Crippen LogP contribution in [-0.2, 0) is 9.31 Å². The molecule has 2 aromatic rings. The first-order valence-electron chi connectivity index (χ1n) is 8.08. The second-order valence-corrected chi connectivity index (χ2v) is 7.59. The van der Waals surface area contributed by atoms with E-state index in [0.29, 0.717) is 11.7 Å². The van der Waals surface area contributed by atoms with Crippen LogP contribution in [0.2, 0.25) is 5.82 Å². The lowest BCUT2D eigenvalue weighted by molar-refractivity contribution is 0.00578. The first kappa shape index (κ1) is 14.2. The molecule has 0 spiro atoms. The molecule has 2 heterocycles. The zero-order chi connectivity index (χ0) is 15.5. The highest BCUT2D eigenvalue weighted by Gasteiger charge is 2.59. The highest BCUT2D eigenvalue weighted by molar-refractivity contribution is 6.49. The third-order valence-corrected chi connectivity index (χ3v) is 5.52. The normalized spacial score (nSPS) is 29.0. The van der Waals surface area contributed by atoms with E-state index in [1.807, 2.05) is 12.3 Å². The first-order valence-corrected chi connectivity index (χ1v) is 8.08. The molecule has 2 unspecified atom stereocenters. The van der Waals surface area contributed by atoms with Crippen LogP contribution in [0.25, 0.3) is 10.9 Å². The SMILES string of the molecule is CC1(C)OB(C2CC2c2ccc3ncccc3c2)OC1(C)C. The fraction of sp³-hybridized carbons (Fsp3) is 0.500. The Morgan fingerprint density at radius 3 is 2.55 bits per heavy atom. The highest BCUT2D eigenvalue weighted by atomic mass is 16.7. The minimum Gasteiger partial charge on any atom is -0.403 e. The largest absolute Gasteiger partial charge is 0.461 e. The van der Waals surface area contributed by atoms with Crippen LogP contribution in [0.3, 0.4) is 0 Å². The van der Waals surface area contributed by atoms with Crippen LogP contribution < -0.4 is 0 Å². The molecule has 0 amide bonds. The molecular weight excluding hydrogens is 273 g/mol. The molecule has 0 N–H and O–H groups in total. The Labute approximate surface area is 132 Å². The minimum absolute atomic E-state index is 0.0837. The van der Waals surface area contributed by atoms with Gasteiger partial charge in [0.25, 0.3) is 0 Å². The molecule has 0 radical (unpaired) electrons. The van der Waals surface area contributed by atoms with Crippen LogP contribution in [0.15, 0.2) is 36.5 Å². The second-order valence-electron chi connectivity index (χ2n) is 7.59. The van der Waals surface area contributed by atoms with Gasteiger partial charge in [-0.15, -0.1) is 0 Å². The molecular formula is C18H22BNO2. The van der Waals surface area contributed by atoms with Crippen molar-refractivity contribution in [2.75, 3.05) is 0 Å². The average molecular weight is 295 g/mol. The predicted molar refractivity (Wildman–Crippen MR) is 88.9 cm³/mol. The van der Waals surface area contributed by atoms with Crippen LogP contribution in [0.4, 0.5) is 0 Å². The maximum absolute atomic E-state index is 6.19. The Morgan fingerprint density at radius 2 is 1.82 bits per heavy atom. The zero-order valence-corrected chi connectivity index (χ0v) is 13.7. The van der Waals surface area contributed by atoms with Crippen molar-refractivity contribution in [2.24, 2.45) is 0 Å². The number of nitrogens with zero attached hydrogens (tertiary/aromatic N) is 1. The van der Waals surface area contributed by atoms with E-state index in [0.717, 1.165) is 11.9 Å². The van der Waals surface area contributed by atoms with Gasteiger partial charge < -0.3 is 9.31 Å². The van der Waals surface area contributed by atoms with Gasteiger partial charge in [-0.3, -0.25) is 4.98 Å². The minimum atomic E-state index is -0.238. The summed E-state index contributed by atoms with van der Waals surface area (Å²) in [6, 6.07) is 10.7. The lowest BCUT2D eigenvalue weighted by atomic mass is 9.79. The van der Waals surface area contributed by atoms with Gasteiger partial charge in [-0.05, 0) is 63.8 Å². The van der Waals surface area contributed by atoms with E-state index in [2.05, 4.69) is 56.9 Å². The number of rotatable bonds is 2. The summed E-state index contributed by atoms with van der Waals surface area (Å²) in [7, 11) is -0.0837. The van der Waals surface area contributed by atoms with Crippen LogP contribution >= 0.6 is 0 Å². The molecule has 1 aliphatic carbocycles. The summed E-state index contributed by atoms with van der Waals surface area (Å²) in [4.78, 5) is 4.39. The lowest BCUT2D eigenvalue weighted by Gasteiger charge is -2.32. The van der Waals surface area contributed by atoms with Crippen LogP contribution in [0.1, 0.15) is 45.6 Å². The van der Waals surface area contributed by atoms with Gasteiger partial charge in [0.15, 0.2) is 0 Å². The molecule has 22 heavy (non-hydrogen) atoms. The van der Waals surface area contributed by atoms with Gasteiger partial charge in [-0.25, -0.2) is 0 Å². The Bertz CT molecular complexity index is 712. The molecule has 1 aliphatic heterocycles. The van der Waals surface area contributed by atoms with E-state index in [1.165, 1.54) is 10.9 Å². The fourth-order valence-electron chi connectivity index (χ4n) is 3.29. The van der Waals surface area contributed by atoms with E-state index in [9.17, 15) is 0 Å². The molecule has 2 aliphatic rings. The molecule has 1 saturated heterocycles. The number of hydrogen-bond donors (Lipinski definition) is 0. The third kappa shape index (κ3) is 2.17. The summed E-state index contributed by atoms with van der Waals surface area (Å²) in [6.07, 6.45) is 2.98. The molecule has 2 atom stereocenters. The smallest absolute Gasteiger partial charge is 0.403 e. The Morgan fingerprint density at radius 1 is 1.09 bits per heavy atom. The summed E-state index contributed by atoms with van der Waals surface area (Å²) in [5, 5.41) is 1.21. The predicted octanol–water partition coefficient (Wildman–Crippen LogP) is 4.18. The van der Waals surface area contributed by atoms with Gasteiger partial charge in [0.2, 0.25) is 0 Å². The van der Waals surface area contributed by atoms with Crippen LogP contribution in [0, 0.1) is 0 Å². The number of pyridine rings is 1. The lowest BCUT2D eigenvalue weighted by Crippen LogP contribution is -2.41. The molecule has 1 saturated carbocycles. The molecule has 1 aromatic heterocycles. The van der Waals surface area contributed by atoms with Crippen molar-refractivity contribution in [3.8, 4) is 0 Å². The average Bonchev–Trinajstić information content (AvgIpc) is 3.22. The van der Waals surface area contributed by atoms with Crippen molar-refractivity contribution in [1.29, 1.82) is 0 Å². The van der Waals surface area contributed by atoms with Crippen molar-refractivity contribution in [3.63, 3.8) is 0 Å². The Kier molecular flexibility index (Phi) is 2.95. The monoisotopic (exact) mass is 295 g/mol. The van der Waals surface area contributed by atoms with E-state index in [-0.39, 0.29) is 18.3 Å². The van der Waals surface area contributed by atoms with E-state index < -0.39 is 0 Å². The maximum atomic E-state index is 6.19. The molecule has 1 aromatic carbocycles. The molecule has 4 rings (SSSR count). The number of hydrogen-bond acceptors (Lipinski definition) is 3. The van der Waals surface area contributed by atoms with Gasteiger partial charge in [0.05, 0.1) is 16.7 Å². The number of fused-ring (bicyclic) bond motifs is 1. The van der Waals surface area contributed by atoms with Gasteiger partial charge in [-0.1, -0.05) is 12.1 Å². The fourth-order valence-corrected chi connectivity index (χ4v) is 3.29. The molecule has 2 fully saturated rings. The van der Waals surface area contributed by atoms with Gasteiger partial charge in [-0.2, -0.15) is 0 Å². The van der Waals surface area contributed by atoms with Gasteiger partial charge in [0, 0.05) is 17.4 Å². The number of aromatic nitrogens is 1. The zero-order valence-electron chi connectivity index (χ0n) is 13.7. The topological polar surface area (TPSA) is 31.4 Å². The Balaban J connectivity index is 1.54. The van der Waals surface area contributed by atoms with Crippen LogP contribution in [0.5, 0.6) is 0 Å². The summed E-state index contributed by atoms with van der Waals surface area (Å²) in [5.41, 5.74) is 1.95. The van der Waals surface area contributed by atoms with Gasteiger partial charge >= 0.3 is 7.12 Å². The number of benzene rings is 1. The molecule has 0 bridgehead atoms. The summed E-state index contributed by atoms with van der Waals surface area (Å²) < 4.78 is 12.4. The van der Waals surface area contributed by atoms with Crippen molar-refractivity contribution < 1.29 is 9.31 Å². The van der Waals surface area contributed by atoms with E-state index in [4.69, 9.17) is 9.31 Å². The van der Waals surface area contributed by atoms with E-state index in [1.54, 1.807) is 0 Å². The van der Waals surface area contributed by atoms with Crippen molar-refractivity contribution in [2.45, 2.75) is 57.1 Å². The standard InChI is InChI=1S/C18H22BNO2/c1-17(2)18(3,4)22-19(21-17)15-11-14(15)12-7-8-16-13(10-12)6-5-9-20-16/h5-10,14-15H,11H2,1-4H3. The first-order chi connectivity index (χ1) is 10.4. The molecule has 114 valence electrons. The van der Waals surface area contributed by atoms with E-state index >= 15 is 0 Å². The quantitative estimate of drug-likeness (QED) is 0.779. The second kappa shape index (κ2) is 4.56. The van der Waals surface area contributed by atoms with Gasteiger partial charge in [0.1, 0.15) is 0 Å². The summed E-state index contributed by atoms with van der Waals surface area (Å²) in [6.45, 7) is 8.47. The summed E-state index contributed by atoms with van der Waals surface area (Å²) in [5.74, 6) is 1.01. The maximum Gasteiger partial charge on any atom is 0.461 e. The van der Waals surface area contributed by atoms with Crippen LogP contribution in [-0.4, -0.2) is 23.3 Å². The van der Waals surface area contributed by atoms with Crippen molar-refractivity contribution in [3.05, 3.63) is 42.1 Å². The van der Waals surface area contributed by atoms with Crippen molar-refractivity contribution in [1.82, 2.24) is 4.98 Å². The van der Waals surface area contributed by atoms with Crippen molar-refractivity contribution >= 4 is 18.0 Å². The third-order valence-electron chi connectivity index (χ3n) is 5.52. The highest BCUT2D eigenvalue weighted by Crippen LogP contribution is 2.58. The molecule has 4 heteroatoms. The molecule has 3 nitrogen and oxygen atoms in total. The Hall–Kier alpha value is -1.39.